The molecular formula is C9H13ClN2O2. The number of aliphatic hydroxyl groups is 1. The zero-order chi connectivity index (χ0) is 10.6. The van der Waals surface area contributed by atoms with E-state index in [1.807, 2.05) is 0 Å². The summed E-state index contributed by atoms with van der Waals surface area (Å²) < 4.78 is 4.92. The molecule has 1 heterocycles. The van der Waals surface area contributed by atoms with E-state index in [1.54, 1.807) is 19.2 Å². The Labute approximate surface area is 87.7 Å². The number of rotatable bonds is 4. The number of nitrogens with zero attached hydrogens (tertiary/aromatic N) is 1. The van der Waals surface area contributed by atoms with Gasteiger partial charge in [-0.25, -0.2) is 4.98 Å². The van der Waals surface area contributed by atoms with E-state index in [-0.39, 0.29) is 6.54 Å². The molecule has 1 rings (SSSR count). The number of halogens is 1. The molecule has 78 valence electrons. The Bertz CT molecular complexity index is 307. The average Bonchev–Trinajstić information content (AvgIpc) is 2.20. The first-order valence-electron chi connectivity index (χ1n) is 4.21. The van der Waals surface area contributed by atoms with Crippen LogP contribution in [0, 0.1) is 0 Å². The van der Waals surface area contributed by atoms with E-state index >= 15 is 0 Å². The third kappa shape index (κ3) is 2.65. The van der Waals surface area contributed by atoms with Crippen molar-refractivity contribution in [1.82, 2.24) is 4.98 Å². The molecule has 1 aromatic rings. The summed E-state index contributed by atoms with van der Waals surface area (Å²) in [6.07, 6.45) is -0.760. The van der Waals surface area contributed by atoms with Crippen molar-refractivity contribution in [2.75, 3.05) is 13.7 Å². The van der Waals surface area contributed by atoms with Crippen LogP contribution in [0.2, 0.25) is 5.15 Å². The minimum atomic E-state index is -0.760. The van der Waals surface area contributed by atoms with E-state index < -0.39 is 6.10 Å². The largest absolute Gasteiger partial charge is 0.385 e. The van der Waals surface area contributed by atoms with E-state index in [4.69, 9.17) is 22.1 Å². The van der Waals surface area contributed by atoms with Gasteiger partial charge in [0, 0.05) is 19.2 Å². The molecule has 0 aliphatic carbocycles. The lowest BCUT2D eigenvalue weighted by Gasteiger charge is -2.09. The van der Waals surface area contributed by atoms with E-state index in [0.29, 0.717) is 17.5 Å². The lowest BCUT2D eigenvalue weighted by atomic mass is 10.2. The quantitative estimate of drug-likeness (QED) is 0.733. The van der Waals surface area contributed by atoms with Gasteiger partial charge in [-0.1, -0.05) is 17.7 Å². The number of pyridine rings is 1. The monoisotopic (exact) mass is 216 g/mol. The van der Waals surface area contributed by atoms with Crippen molar-refractivity contribution in [3.05, 3.63) is 28.5 Å². The zero-order valence-electron chi connectivity index (χ0n) is 7.90. The normalized spacial score (nSPS) is 12.9. The lowest BCUT2D eigenvalue weighted by molar-refractivity contribution is 0.179. The molecule has 1 aromatic heterocycles. The summed E-state index contributed by atoms with van der Waals surface area (Å²) >= 11 is 5.87. The van der Waals surface area contributed by atoms with Crippen LogP contribution in [0.3, 0.4) is 0 Å². The standard InChI is InChI=1S/C9H13ClN2O2/c1-14-5-6-2-3-7(8(13)4-11)12-9(6)10/h2-3,8,13H,4-5,11H2,1H3. The first kappa shape index (κ1) is 11.4. The second-order valence-corrected chi connectivity index (χ2v) is 3.23. The SMILES string of the molecule is COCc1ccc(C(O)CN)nc1Cl. The van der Waals surface area contributed by atoms with Gasteiger partial charge in [-0.2, -0.15) is 0 Å². The minimum absolute atomic E-state index is 0.132. The molecule has 0 fully saturated rings. The smallest absolute Gasteiger partial charge is 0.134 e. The molecule has 0 saturated heterocycles. The Morgan fingerprint density at radius 1 is 1.64 bits per heavy atom. The van der Waals surface area contributed by atoms with Crippen LogP contribution in [0.4, 0.5) is 0 Å². The topological polar surface area (TPSA) is 68.4 Å². The molecule has 4 nitrogen and oxygen atoms in total. The molecule has 3 N–H and O–H groups in total. The van der Waals surface area contributed by atoms with Gasteiger partial charge in [0.2, 0.25) is 0 Å². The predicted molar refractivity (Wildman–Crippen MR) is 54.0 cm³/mol. The molecule has 0 saturated carbocycles. The summed E-state index contributed by atoms with van der Waals surface area (Å²) in [5, 5.41) is 9.74. The molecule has 1 atom stereocenters. The van der Waals surface area contributed by atoms with Crippen LogP contribution >= 0.6 is 11.6 Å². The van der Waals surface area contributed by atoms with Crippen molar-refractivity contribution < 1.29 is 9.84 Å². The van der Waals surface area contributed by atoms with Gasteiger partial charge in [-0.3, -0.25) is 0 Å². The maximum Gasteiger partial charge on any atom is 0.134 e. The summed E-state index contributed by atoms with van der Waals surface area (Å²) in [6, 6.07) is 3.46. The van der Waals surface area contributed by atoms with E-state index in [9.17, 15) is 5.11 Å². The summed E-state index contributed by atoms with van der Waals surface area (Å²) in [4.78, 5) is 4.02. The highest BCUT2D eigenvalue weighted by Gasteiger charge is 2.09. The molecule has 0 aromatic carbocycles. The molecule has 0 amide bonds. The van der Waals surface area contributed by atoms with Crippen molar-refractivity contribution >= 4 is 11.6 Å². The predicted octanol–water partition coefficient (Wildman–Crippen LogP) is 0.873. The van der Waals surface area contributed by atoms with Crippen LogP contribution in [-0.4, -0.2) is 23.7 Å². The van der Waals surface area contributed by atoms with E-state index in [1.165, 1.54) is 0 Å². The van der Waals surface area contributed by atoms with Crippen LogP contribution in [0.1, 0.15) is 17.4 Å². The molecule has 0 aliphatic heterocycles. The van der Waals surface area contributed by atoms with Crippen LogP contribution in [0.25, 0.3) is 0 Å². The number of nitrogens with two attached hydrogens (primary N) is 1. The van der Waals surface area contributed by atoms with Crippen LogP contribution in [-0.2, 0) is 11.3 Å². The fourth-order valence-electron chi connectivity index (χ4n) is 1.05. The molecule has 0 aliphatic rings. The highest BCUT2D eigenvalue weighted by atomic mass is 35.5. The Hall–Kier alpha value is -0.680. The lowest BCUT2D eigenvalue weighted by Crippen LogP contribution is -2.13. The third-order valence-corrected chi connectivity index (χ3v) is 2.14. The Balaban J connectivity index is 2.88. The molecular weight excluding hydrogens is 204 g/mol. The van der Waals surface area contributed by atoms with Gasteiger partial charge in [0.15, 0.2) is 0 Å². The highest BCUT2D eigenvalue weighted by molar-refractivity contribution is 6.30. The molecule has 1 unspecified atom stereocenters. The van der Waals surface area contributed by atoms with Gasteiger partial charge in [0.25, 0.3) is 0 Å². The Morgan fingerprint density at radius 2 is 2.36 bits per heavy atom. The maximum atomic E-state index is 9.40. The zero-order valence-corrected chi connectivity index (χ0v) is 8.66. The summed E-state index contributed by atoms with van der Waals surface area (Å²) in [5.74, 6) is 0. The van der Waals surface area contributed by atoms with E-state index in [0.717, 1.165) is 5.56 Å². The van der Waals surface area contributed by atoms with Gasteiger partial charge < -0.3 is 15.6 Å². The van der Waals surface area contributed by atoms with Crippen molar-refractivity contribution in [2.45, 2.75) is 12.7 Å². The Morgan fingerprint density at radius 3 is 2.86 bits per heavy atom. The molecule has 0 spiro atoms. The van der Waals surface area contributed by atoms with Gasteiger partial charge in [0.05, 0.1) is 12.3 Å². The number of hydrogen-bond donors (Lipinski definition) is 2. The van der Waals surface area contributed by atoms with Crippen LogP contribution in [0.5, 0.6) is 0 Å². The second-order valence-electron chi connectivity index (χ2n) is 2.87. The average molecular weight is 217 g/mol. The number of aliphatic hydroxyl groups excluding tert-OH is 1. The summed E-state index contributed by atoms with van der Waals surface area (Å²) in [5.41, 5.74) is 6.57. The first-order chi connectivity index (χ1) is 6.69. The number of methoxy groups -OCH3 is 1. The number of ether oxygens (including phenoxy) is 1. The highest BCUT2D eigenvalue weighted by Crippen LogP contribution is 2.17. The summed E-state index contributed by atoms with van der Waals surface area (Å²) in [7, 11) is 1.58. The third-order valence-electron chi connectivity index (χ3n) is 1.81. The Kier molecular flexibility index (Phi) is 4.28. The van der Waals surface area contributed by atoms with E-state index in [2.05, 4.69) is 4.98 Å². The summed E-state index contributed by atoms with van der Waals surface area (Å²) in [6.45, 7) is 0.539. The number of aromatic nitrogens is 1. The van der Waals surface area contributed by atoms with Crippen molar-refractivity contribution in [3.63, 3.8) is 0 Å². The maximum absolute atomic E-state index is 9.40. The fraction of sp³-hybridized carbons (Fsp3) is 0.444. The fourth-order valence-corrected chi connectivity index (χ4v) is 1.26. The molecule has 14 heavy (non-hydrogen) atoms. The first-order valence-corrected chi connectivity index (χ1v) is 4.59. The molecule has 0 bridgehead atoms. The van der Waals surface area contributed by atoms with Gasteiger partial charge >= 0.3 is 0 Å². The molecule has 5 heteroatoms. The van der Waals surface area contributed by atoms with Gasteiger partial charge in [-0.15, -0.1) is 0 Å². The van der Waals surface area contributed by atoms with Crippen molar-refractivity contribution in [1.29, 1.82) is 0 Å². The van der Waals surface area contributed by atoms with Crippen LogP contribution in [0.15, 0.2) is 12.1 Å². The van der Waals surface area contributed by atoms with Crippen molar-refractivity contribution in [3.8, 4) is 0 Å². The minimum Gasteiger partial charge on any atom is -0.385 e. The van der Waals surface area contributed by atoms with Crippen LogP contribution < -0.4 is 5.73 Å². The van der Waals surface area contributed by atoms with Crippen molar-refractivity contribution in [2.24, 2.45) is 5.73 Å². The van der Waals surface area contributed by atoms with Gasteiger partial charge in [-0.05, 0) is 6.07 Å². The second kappa shape index (κ2) is 5.26. The van der Waals surface area contributed by atoms with Gasteiger partial charge in [0.1, 0.15) is 11.3 Å². The molecule has 0 radical (unpaired) electrons. The number of hydrogen-bond acceptors (Lipinski definition) is 4.